The summed E-state index contributed by atoms with van der Waals surface area (Å²) in [6.45, 7) is 4.62. The Hall–Kier alpha value is -1.89. The zero-order chi connectivity index (χ0) is 23.9. The number of fused-ring (bicyclic) bond motifs is 1. The fourth-order valence-corrected chi connectivity index (χ4v) is 6.47. The molecule has 2 aliphatic rings. The van der Waals surface area contributed by atoms with Gasteiger partial charge in [0.1, 0.15) is 0 Å². The van der Waals surface area contributed by atoms with Crippen LogP contribution < -0.4 is 11.1 Å². The second-order valence-electron chi connectivity index (χ2n) is 9.75. The molecule has 0 radical (unpaired) electrons. The van der Waals surface area contributed by atoms with E-state index in [1.807, 2.05) is 30.3 Å². The van der Waals surface area contributed by atoms with Gasteiger partial charge in [-0.3, -0.25) is 4.79 Å². The third kappa shape index (κ3) is 7.06. The summed E-state index contributed by atoms with van der Waals surface area (Å²) in [4.78, 5) is 21.0. The monoisotopic (exact) mass is 500 g/mol. The first-order valence-electron chi connectivity index (χ1n) is 12.7. The predicted molar refractivity (Wildman–Crippen MR) is 143 cm³/mol. The molecule has 1 amide bonds. The molecule has 34 heavy (non-hydrogen) atoms. The van der Waals surface area contributed by atoms with Gasteiger partial charge in [-0.05, 0) is 101 Å². The molecule has 184 valence electrons. The van der Waals surface area contributed by atoms with Crippen LogP contribution in [0.5, 0.6) is 0 Å². The number of anilines is 1. The van der Waals surface area contributed by atoms with Crippen molar-refractivity contribution in [2.45, 2.75) is 76.8 Å². The molecule has 1 saturated carbocycles. The fraction of sp³-hybridized carbons (Fsp3) is 0.556. The van der Waals surface area contributed by atoms with Crippen molar-refractivity contribution in [1.82, 2.24) is 15.2 Å². The Morgan fingerprint density at radius 3 is 2.71 bits per heavy atom. The van der Waals surface area contributed by atoms with E-state index in [2.05, 4.69) is 22.1 Å². The maximum Gasteiger partial charge on any atom is 0.244 e. The van der Waals surface area contributed by atoms with E-state index in [0.29, 0.717) is 17.1 Å². The number of thiazole rings is 1. The van der Waals surface area contributed by atoms with Crippen molar-refractivity contribution < 1.29 is 4.79 Å². The van der Waals surface area contributed by atoms with E-state index < -0.39 is 0 Å². The van der Waals surface area contributed by atoms with Crippen molar-refractivity contribution in [3.05, 3.63) is 51.5 Å². The molecule has 2 aromatic rings. The van der Waals surface area contributed by atoms with Crippen LogP contribution >= 0.6 is 22.9 Å². The lowest BCUT2D eigenvalue weighted by Gasteiger charge is -2.36. The number of rotatable bonds is 9. The van der Waals surface area contributed by atoms with Gasteiger partial charge in [0.15, 0.2) is 5.13 Å². The van der Waals surface area contributed by atoms with Crippen LogP contribution in [0.25, 0.3) is 6.08 Å². The van der Waals surface area contributed by atoms with Gasteiger partial charge in [0.25, 0.3) is 0 Å². The van der Waals surface area contributed by atoms with Gasteiger partial charge in [-0.15, -0.1) is 11.3 Å². The predicted octanol–water partition coefficient (Wildman–Crippen LogP) is 5.73. The molecule has 1 fully saturated rings. The Kier molecular flexibility index (Phi) is 9.04. The summed E-state index contributed by atoms with van der Waals surface area (Å²) in [7, 11) is 0. The third-order valence-electron chi connectivity index (χ3n) is 7.27. The zero-order valence-corrected chi connectivity index (χ0v) is 21.7. The number of carbonyl (C=O) groups excluding carboxylic acids is 1. The highest BCUT2D eigenvalue weighted by Gasteiger charge is 2.28. The number of hydrogen-bond donors (Lipinski definition) is 2. The van der Waals surface area contributed by atoms with Crippen LogP contribution in [0.1, 0.15) is 68.0 Å². The highest BCUT2D eigenvalue weighted by atomic mass is 35.5. The normalized spacial score (nSPS) is 22.7. The molecule has 1 aromatic carbocycles. The maximum atomic E-state index is 12.3. The van der Waals surface area contributed by atoms with E-state index in [1.54, 1.807) is 17.4 Å². The minimum absolute atomic E-state index is 0.00658. The quantitative estimate of drug-likeness (QED) is 0.431. The number of nitrogen functional groups attached to an aromatic ring is 1. The average Bonchev–Trinajstić information content (AvgIpc) is 3.21. The Bertz CT molecular complexity index is 966. The lowest BCUT2D eigenvalue weighted by atomic mass is 9.83. The first-order valence-corrected chi connectivity index (χ1v) is 13.9. The molecule has 0 spiro atoms. The zero-order valence-electron chi connectivity index (χ0n) is 20.1. The van der Waals surface area contributed by atoms with Gasteiger partial charge in [0, 0.05) is 28.1 Å². The van der Waals surface area contributed by atoms with Gasteiger partial charge >= 0.3 is 0 Å². The van der Waals surface area contributed by atoms with Crippen LogP contribution in [-0.2, 0) is 17.6 Å². The fourth-order valence-electron chi connectivity index (χ4n) is 5.39. The Morgan fingerprint density at radius 2 is 1.97 bits per heavy atom. The van der Waals surface area contributed by atoms with Crippen LogP contribution in [0.3, 0.4) is 0 Å². The minimum Gasteiger partial charge on any atom is -0.375 e. The molecule has 2 aliphatic carbocycles. The first-order chi connectivity index (χ1) is 16.5. The van der Waals surface area contributed by atoms with Crippen LogP contribution in [0.2, 0.25) is 5.02 Å². The van der Waals surface area contributed by atoms with Crippen molar-refractivity contribution in [2.24, 2.45) is 5.92 Å². The number of benzene rings is 1. The standard InChI is InChI=1S/C27H37ClN4OS/c1-2-16-32(23-12-13-24-25(18-23)34-27(29)31-24)17-15-20-5-10-22(11-6-20)30-26(33)14-7-19-3-8-21(28)9-4-19/h3-4,7-9,14,20,22-23H,2,5-6,10-13,15-18H2,1H3,(H2,29,31)(H,30,33)/b14-7+. The second kappa shape index (κ2) is 12.2. The highest BCUT2D eigenvalue weighted by molar-refractivity contribution is 7.15. The summed E-state index contributed by atoms with van der Waals surface area (Å²) >= 11 is 7.60. The molecular formula is C27H37ClN4OS. The number of amides is 1. The summed E-state index contributed by atoms with van der Waals surface area (Å²) in [6, 6.07) is 8.41. The van der Waals surface area contributed by atoms with Crippen LogP contribution in [0.4, 0.5) is 5.13 Å². The molecule has 1 aromatic heterocycles. The summed E-state index contributed by atoms with van der Waals surface area (Å²) in [5.74, 6) is 0.753. The SMILES string of the molecule is CCCN(CCC1CCC(NC(=O)/C=C/c2ccc(Cl)cc2)CC1)C1CCc2nc(N)sc2C1. The largest absolute Gasteiger partial charge is 0.375 e. The number of aryl methyl sites for hydroxylation is 1. The number of nitrogens with zero attached hydrogens (tertiary/aromatic N) is 2. The first kappa shape index (κ1) is 25.2. The number of nitrogens with one attached hydrogen (secondary N) is 1. The van der Waals surface area contributed by atoms with E-state index in [0.717, 1.165) is 42.3 Å². The van der Waals surface area contributed by atoms with Gasteiger partial charge in [-0.1, -0.05) is 30.7 Å². The van der Waals surface area contributed by atoms with Gasteiger partial charge < -0.3 is 16.0 Å². The molecular weight excluding hydrogens is 464 g/mol. The summed E-state index contributed by atoms with van der Waals surface area (Å²) in [6.07, 6.45) is 13.8. The molecule has 1 atom stereocenters. The number of halogens is 1. The number of aromatic nitrogens is 1. The third-order valence-corrected chi connectivity index (χ3v) is 8.47. The number of nitrogens with two attached hydrogens (primary N) is 1. The van der Waals surface area contributed by atoms with Crippen molar-refractivity contribution in [3.63, 3.8) is 0 Å². The van der Waals surface area contributed by atoms with Gasteiger partial charge in [-0.2, -0.15) is 0 Å². The van der Waals surface area contributed by atoms with Crippen LogP contribution in [-0.4, -0.2) is 41.0 Å². The topological polar surface area (TPSA) is 71.2 Å². The lowest BCUT2D eigenvalue weighted by Crippen LogP contribution is -2.41. The number of carbonyl (C=O) groups is 1. The van der Waals surface area contributed by atoms with E-state index >= 15 is 0 Å². The van der Waals surface area contributed by atoms with E-state index in [-0.39, 0.29) is 5.91 Å². The van der Waals surface area contributed by atoms with Gasteiger partial charge in [0.05, 0.1) is 5.69 Å². The van der Waals surface area contributed by atoms with Crippen LogP contribution in [0.15, 0.2) is 30.3 Å². The number of hydrogen-bond acceptors (Lipinski definition) is 5. The summed E-state index contributed by atoms with van der Waals surface area (Å²) in [5.41, 5.74) is 8.16. The smallest absolute Gasteiger partial charge is 0.244 e. The molecule has 0 bridgehead atoms. The van der Waals surface area contributed by atoms with Crippen molar-refractivity contribution in [1.29, 1.82) is 0 Å². The Morgan fingerprint density at radius 1 is 1.21 bits per heavy atom. The van der Waals surface area contributed by atoms with E-state index in [4.69, 9.17) is 17.3 Å². The lowest BCUT2D eigenvalue weighted by molar-refractivity contribution is -0.117. The molecule has 0 saturated heterocycles. The van der Waals surface area contributed by atoms with Crippen molar-refractivity contribution >= 4 is 40.1 Å². The molecule has 7 heteroatoms. The molecule has 3 N–H and O–H groups in total. The molecule has 1 heterocycles. The molecule has 1 unspecified atom stereocenters. The second-order valence-corrected chi connectivity index (χ2v) is 11.3. The minimum atomic E-state index is -0.00658. The summed E-state index contributed by atoms with van der Waals surface area (Å²) in [5, 5.41) is 4.61. The van der Waals surface area contributed by atoms with Crippen LogP contribution in [0, 0.1) is 5.92 Å². The van der Waals surface area contributed by atoms with Gasteiger partial charge in [-0.25, -0.2) is 4.98 Å². The molecule has 4 rings (SSSR count). The summed E-state index contributed by atoms with van der Waals surface area (Å²) < 4.78 is 0. The average molecular weight is 501 g/mol. The van der Waals surface area contributed by atoms with E-state index in [9.17, 15) is 4.79 Å². The maximum absolute atomic E-state index is 12.3. The van der Waals surface area contributed by atoms with Crippen molar-refractivity contribution in [3.8, 4) is 0 Å². The Balaban J connectivity index is 1.19. The Labute approximate surface area is 212 Å². The van der Waals surface area contributed by atoms with E-state index in [1.165, 1.54) is 55.8 Å². The van der Waals surface area contributed by atoms with Gasteiger partial charge in [0.2, 0.25) is 5.91 Å². The molecule has 0 aliphatic heterocycles. The highest BCUT2D eigenvalue weighted by Crippen LogP contribution is 2.32. The molecule has 5 nitrogen and oxygen atoms in total. The van der Waals surface area contributed by atoms with Crippen molar-refractivity contribution in [2.75, 3.05) is 18.8 Å².